The summed E-state index contributed by atoms with van der Waals surface area (Å²) in [6.45, 7) is 5.38. The molecule has 0 radical (unpaired) electrons. The van der Waals surface area contributed by atoms with E-state index in [1.165, 1.54) is 13.2 Å². The molecule has 3 atom stereocenters. The maximum atomic E-state index is 14.8. The van der Waals surface area contributed by atoms with Gasteiger partial charge in [-0.1, -0.05) is 35.8 Å². The summed E-state index contributed by atoms with van der Waals surface area (Å²) in [7, 11) is 1.49. The Hall–Kier alpha value is -1.91. The summed E-state index contributed by atoms with van der Waals surface area (Å²) < 4.78 is 20.7. The molecule has 0 saturated carbocycles. The van der Waals surface area contributed by atoms with E-state index in [0.29, 0.717) is 10.2 Å². The van der Waals surface area contributed by atoms with Gasteiger partial charge in [-0.05, 0) is 30.5 Å². The van der Waals surface area contributed by atoms with Crippen molar-refractivity contribution in [3.8, 4) is 6.07 Å². The van der Waals surface area contributed by atoms with Crippen LogP contribution in [0, 0.1) is 28.5 Å². The van der Waals surface area contributed by atoms with E-state index in [4.69, 9.17) is 4.74 Å². The zero-order chi connectivity index (χ0) is 19.6. The Kier molecular flexibility index (Phi) is 6.09. The molecule has 2 N–H and O–H groups in total. The van der Waals surface area contributed by atoms with Crippen LogP contribution in [0.15, 0.2) is 33.9 Å². The van der Waals surface area contributed by atoms with Gasteiger partial charge in [-0.2, -0.15) is 5.26 Å². The number of nitrogens with zero attached hydrogens (tertiary/aromatic N) is 1. The van der Waals surface area contributed by atoms with E-state index >= 15 is 0 Å². The van der Waals surface area contributed by atoms with Gasteiger partial charge < -0.3 is 15.2 Å². The van der Waals surface area contributed by atoms with E-state index in [2.05, 4.69) is 27.3 Å². The zero-order valence-corrected chi connectivity index (χ0v) is 16.7. The molecule has 0 aromatic heterocycles. The van der Waals surface area contributed by atoms with Gasteiger partial charge in [0.25, 0.3) is 0 Å². The van der Waals surface area contributed by atoms with Crippen LogP contribution < -0.4 is 5.32 Å². The first-order valence-electron chi connectivity index (χ1n) is 8.26. The third-order valence-electron chi connectivity index (χ3n) is 5.19. The summed E-state index contributed by atoms with van der Waals surface area (Å²) in [5, 5.41) is 23.1. The number of carbonyl (C=O) groups is 1. The fourth-order valence-corrected chi connectivity index (χ4v) is 4.35. The largest absolute Gasteiger partial charge is 0.481 e. The number of aliphatic carboxylic acids is 1. The van der Waals surface area contributed by atoms with Crippen molar-refractivity contribution in [2.75, 3.05) is 13.7 Å². The number of carboxylic acids is 1. The maximum Gasteiger partial charge on any atom is 0.313 e. The van der Waals surface area contributed by atoms with Gasteiger partial charge in [-0.3, -0.25) is 4.79 Å². The summed E-state index contributed by atoms with van der Waals surface area (Å²) in [4.78, 5) is 12.6. The predicted octanol–water partition coefficient (Wildman–Crippen LogP) is 3.81. The van der Waals surface area contributed by atoms with E-state index in [-0.39, 0.29) is 17.7 Å². The average molecular weight is 425 g/mol. The molecule has 0 aliphatic carbocycles. The van der Waals surface area contributed by atoms with Crippen LogP contribution in [0.1, 0.15) is 32.3 Å². The van der Waals surface area contributed by atoms with Crippen molar-refractivity contribution in [2.45, 2.75) is 32.7 Å². The number of hydrogen-bond donors (Lipinski definition) is 2. The lowest BCUT2D eigenvalue weighted by Crippen LogP contribution is -2.61. The molecule has 0 amide bonds. The monoisotopic (exact) mass is 424 g/mol. The van der Waals surface area contributed by atoms with E-state index in [9.17, 15) is 19.6 Å². The van der Waals surface area contributed by atoms with E-state index in [1.807, 2.05) is 0 Å². The first-order chi connectivity index (χ1) is 12.2. The van der Waals surface area contributed by atoms with Crippen molar-refractivity contribution in [1.29, 1.82) is 5.26 Å². The lowest BCUT2D eigenvalue weighted by Gasteiger charge is -2.49. The minimum absolute atomic E-state index is 0.120. The van der Waals surface area contributed by atoms with Crippen LogP contribution in [0.5, 0.6) is 0 Å². The van der Waals surface area contributed by atoms with Gasteiger partial charge in [-0.15, -0.1) is 0 Å². The van der Waals surface area contributed by atoms with Gasteiger partial charge in [0, 0.05) is 23.2 Å². The molecule has 3 unspecified atom stereocenters. The number of benzene rings is 1. The minimum Gasteiger partial charge on any atom is -0.481 e. The molecule has 0 spiro atoms. The molecule has 5 nitrogen and oxygen atoms in total. The number of halogens is 2. The summed E-state index contributed by atoms with van der Waals surface area (Å²) >= 11 is 3.22. The lowest BCUT2D eigenvalue weighted by molar-refractivity contribution is -0.157. The Morgan fingerprint density at radius 3 is 2.65 bits per heavy atom. The molecular formula is C19H22BrFN2O3. The molecule has 140 valence electrons. The summed E-state index contributed by atoms with van der Waals surface area (Å²) in [5.74, 6) is -2.96. The molecule has 1 aliphatic rings. The molecule has 2 rings (SSSR count). The Morgan fingerprint density at radius 1 is 1.54 bits per heavy atom. The fourth-order valence-electron chi connectivity index (χ4n) is 4.01. The number of hydrogen-bond acceptors (Lipinski definition) is 4. The summed E-state index contributed by atoms with van der Waals surface area (Å²) in [6, 6.07) is 5.98. The Morgan fingerprint density at radius 2 is 2.19 bits per heavy atom. The van der Waals surface area contributed by atoms with Crippen LogP contribution >= 0.6 is 15.9 Å². The normalized spacial score (nSPS) is 25.8. The Balaban J connectivity index is 2.88. The molecular weight excluding hydrogens is 403 g/mol. The fraction of sp³-hybridized carbons (Fsp3) is 0.474. The van der Waals surface area contributed by atoms with E-state index in [1.54, 1.807) is 32.9 Å². The highest BCUT2D eigenvalue weighted by atomic mass is 79.9. The zero-order valence-electron chi connectivity index (χ0n) is 15.1. The molecule has 0 fully saturated rings. The second-order valence-corrected chi connectivity index (χ2v) is 7.71. The number of ether oxygens (including phenoxy) is 1. The van der Waals surface area contributed by atoms with Crippen LogP contribution in [-0.4, -0.2) is 30.8 Å². The smallest absolute Gasteiger partial charge is 0.313 e. The third kappa shape index (κ3) is 3.12. The third-order valence-corrected chi connectivity index (χ3v) is 5.68. The number of methoxy groups -OCH3 is 1. The quantitative estimate of drug-likeness (QED) is 0.750. The first-order valence-corrected chi connectivity index (χ1v) is 9.05. The Bertz CT molecular complexity index is 787. The number of allylic oxidation sites excluding steroid dienone is 2. The lowest BCUT2D eigenvalue weighted by atomic mass is 9.57. The first kappa shape index (κ1) is 20.4. The highest BCUT2D eigenvalue weighted by Crippen LogP contribution is 2.53. The molecule has 1 aromatic rings. The standard InChI is InChI=1S/C19H22BrFN2O3/c1-10(2)19(18(24)25)16(9-26-4)23-11(3)14(8-22)17(19)13-6-5-12(20)7-15(13)21/h5-7,10,16-17,23H,9H2,1-4H3,(H,24,25). The number of nitriles is 1. The Labute approximate surface area is 161 Å². The second-order valence-electron chi connectivity index (χ2n) is 6.79. The van der Waals surface area contributed by atoms with Gasteiger partial charge in [-0.25, -0.2) is 4.39 Å². The average Bonchev–Trinajstić information content (AvgIpc) is 2.54. The van der Waals surface area contributed by atoms with E-state index in [0.717, 1.165) is 0 Å². The number of nitrogens with one attached hydrogen (secondary N) is 1. The van der Waals surface area contributed by atoms with Gasteiger partial charge in [0.15, 0.2) is 0 Å². The molecule has 1 aliphatic heterocycles. The van der Waals surface area contributed by atoms with Gasteiger partial charge in [0.05, 0.1) is 24.3 Å². The summed E-state index contributed by atoms with van der Waals surface area (Å²) in [5.41, 5.74) is -0.480. The van der Waals surface area contributed by atoms with Crippen LogP contribution in [0.4, 0.5) is 4.39 Å². The molecule has 1 heterocycles. The predicted molar refractivity (Wildman–Crippen MR) is 98.9 cm³/mol. The molecule has 7 heteroatoms. The highest BCUT2D eigenvalue weighted by molar-refractivity contribution is 9.10. The number of carboxylic acid groups (broad SMARTS) is 1. The second kappa shape index (κ2) is 7.77. The maximum absolute atomic E-state index is 14.8. The van der Waals surface area contributed by atoms with Crippen molar-refractivity contribution in [2.24, 2.45) is 11.3 Å². The molecule has 26 heavy (non-hydrogen) atoms. The van der Waals surface area contributed by atoms with Crippen molar-refractivity contribution in [3.63, 3.8) is 0 Å². The highest BCUT2D eigenvalue weighted by Gasteiger charge is 2.59. The van der Waals surface area contributed by atoms with Crippen molar-refractivity contribution in [1.82, 2.24) is 5.32 Å². The van der Waals surface area contributed by atoms with Crippen molar-refractivity contribution < 1.29 is 19.0 Å². The van der Waals surface area contributed by atoms with Crippen LogP contribution in [0.2, 0.25) is 0 Å². The van der Waals surface area contributed by atoms with Crippen LogP contribution in [0.25, 0.3) is 0 Å². The van der Waals surface area contributed by atoms with Crippen molar-refractivity contribution >= 4 is 21.9 Å². The topological polar surface area (TPSA) is 82.3 Å². The number of rotatable bonds is 5. The van der Waals surface area contributed by atoms with Crippen LogP contribution in [0.3, 0.4) is 0 Å². The van der Waals surface area contributed by atoms with Gasteiger partial charge in [0.1, 0.15) is 11.2 Å². The molecule has 1 aromatic carbocycles. The molecule has 0 saturated heterocycles. The van der Waals surface area contributed by atoms with Gasteiger partial charge >= 0.3 is 5.97 Å². The minimum atomic E-state index is -1.45. The summed E-state index contributed by atoms with van der Waals surface area (Å²) in [6.07, 6.45) is 0. The SMILES string of the molecule is COCC1NC(C)=C(C#N)C(c2ccc(Br)cc2F)C1(C(=O)O)C(C)C. The van der Waals surface area contributed by atoms with E-state index < -0.39 is 35.1 Å². The van der Waals surface area contributed by atoms with Crippen LogP contribution in [-0.2, 0) is 9.53 Å². The molecule has 0 bridgehead atoms. The van der Waals surface area contributed by atoms with Gasteiger partial charge in [0.2, 0.25) is 0 Å². The van der Waals surface area contributed by atoms with Crippen molar-refractivity contribution in [3.05, 3.63) is 45.3 Å².